The van der Waals surface area contributed by atoms with Gasteiger partial charge in [-0.05, 0) is 19.1 Å². The molecule has 0 aliphatic rings. The van der Waals surface area contributed by atoms with E-state index in [-0.39, 0.29) is 23.1 Å². The number of oxazole rings is 1. The fourth-order valence-corrected chi connectivity index (χ4v) is 3.24. The minimum absolute atomic E-state index is 0.218. The Morgan fingerprint density at radius 1 is 1.07 bits per heavy atom. The highest BCUT2D eigenvalue weighted by Crippen LogP contribution is 2.21. The van der Waals surface area contributed by atoms with Gasteiger partial charge in [0.25, 0.3) is 11.1 Å². The first-order valence-corrected chi connectivity index (χ1v) is 8.97. The Hall–Kier alpha value is -3.40. The smallest absolute Gasteiger partial charge is 0.302 e. The number of nitrogens with one attached hydrogen (secondary N) is 3. The summed E-state index contributed by atoms with van der Waals surface area (Å²) in [6, 6.07) is 10.4. The number of aryl methyl sites for hydroxylation is 1. The number of fused-ring (bicyclic) bond motifs is 1. The maximum absolute atomic E-state index is 11.9. The van der Waals surface area contributed by atoms with E-state index in [0.717, 1.165) is 0 Å². The Balaban J connectivity index is 1.54. The van der Waals surface area contributed by atoms with Gasteiger partial charge in [-0.25, -0.2) is 9.97 Å². The fraction of sp³-hybridized carbons (Fsp3) is 0.118. The monoisotopic (exact) mass is 382 g/mol. The molecule has 0 aliphatic heterocycles. The molecule has 0 saturated carbocycles. The number of hydrogen-bond donors (Lipinski definition) is 3. The summed E-state index contributed by atoms with van der Waals surface area (Å²) in [4.78, 5) is 41.5. The first-order chi connectivity index (χ1) is 13.0. The van der Waals surface area contributed by atoms with Gasteiger partial charge in [-0.15, -0.1) is 0 Å². The lowest BCUT2D eigenvalue weighted by Crippen LogP contribution is -2.12. The number of anilines is 2. The number of nitrogens with zero attached hydrogens (tertiary/aromatic N) is 3. The topological polar surface area (TPSA) is 130 Å². The number of para-hydroxylation sites is 2. The van der Waals surface area contributed by atoms with Crippen molar-refractivity contribution in [3.8, 4) is 0 Å². The molecule has 0 aliphatic carbocycles. The summed E-state index contributed by atoms with van der Waals surface area (Å²) in [6.07, 6.45) is 0. The third-order valence-corrected chi connectivity index (χ3v) is 4.43. The summed E-state index contributed by atoms with van der Waals surface area (Å²) >= 11 is 1.28. The second-order valence-electron chi connectivity index (χ2n) is 5.68. The highest BCUT2D eigenvalue weighted by Gasteiger charge is 2.09. The minimum atomic E-state index is -0.315. The Labute approximate surface area is 156 Å². The summed E-state index contributed by atoms with van der Waals surface area (Å²) in [5, 5.41) is 3.33. The van der Waals surface area contributed by atoms with Crippen molar-refractivity contribution >= 4 is 34.8 Å². The molecule has 4 rings (SSSR count). The lowest BCUT2D eigenvalue weighted by molar-refractivity contribution is 0.621. The number of aromatic nitrogens is 5. The second-order valence-corrected chi connectivity index (χ2v) is 6.64. The highest BCUT2D eigenvalue weighted by molar-refractivity contribution is 7.98. The maximum atomic E-state index is 11.9. The van der Waals surface area contributed by atoms with Crippen LogP contribution in [0.25, 0.3) is 11.1 Å². The van der Waals surface area contributed by atoms with Crippen LogP contribution in [0.1, 0.15) is 11.4 Å². The van der Waals surface area contributed by atoms with Crippen LogP contribution in [-0.2, 0) is 5.75 Å². The lowest BCUT2D eigenvalue weighted by Gasteiger charge is -2.04. The molecule has 3 aromatic heterocycles. The Bertz CT molecular complexity index is 1200. The third-order valence-electron chi connectivity index (χ3n) is 3.52. The summed E-state index contributed by atoms with van der Waals surface area (Å²) in [5.74, 6) is 0.578. The Morgan fingerprint density at radius 2 is 1.89 bits per heavy atom. The molecule has 0 saturated heterocycles. The SMILES string of the molecule is Cc1cc(=O)[nH]c(SCc2cc(=O)[nH]c(Nc3nc4ccccc4o3)n2)n1. The van der Waals surface area contributed by atoms with Gasteiger partial charge in [0.05, 0.1) is 5.69 Å². The van der Waals surface area contributed by atoms with Crippen molar-refractivity contribution in [2.75, 3.05) is 5.32 Å². The summed E-state index contributed by atoms with van der Waals surface area (Å²) in [5.41, 5.74) is 1.93. The van der Waals surface area contributed by atoms with Crippen LogP contribution in [0.3, 0.4) is 0 Å². The molecule has 0 fully saturated rings. The molecule has 27 heavy (non-hydrogen) atoms. The van der Waals surface area contributed by atoms with Crippen molar-refractivity contribution < 1.29 is 4.42 Å². The normalized spacial score (nSPS) is 11.0. The van der Waals surface area contributed by atoms with Gasteiger partial charge in [0.15, 0.2) is 10.7 Å². The van der Waals surface area contributed by atoms with E-state index in [1.807, 2.05) is 18.2 Å². The van der Waals surface area contributed by atoms with Gasteiger partial charge in [0.1, 0.15) is 5.52 Å². The summed E-state index contributed by atoms with van der Waals surface area (Å²) in [7, 11) is 0. The van der Waals surface area contributed by atoms with E-state index in [9.17, 15) is 9.59 Å². The molecule has 0 amide bonds. The zero-order valence-corrected chi connectivity index (χ0v) is 15.0. The van der Waals surface area contributed by atoms with Gasteiger partial charge in [-0.3, -0.25) is 19.9 Å². The predicted octanol–water partition coefficient (Wildman–Crippen LogP) is 2.34. The van der Waals surface area contributed by atoms with Crippen LogP contribution in [0.5, 0.6) is 0 Å². The molecule has 136 valence electrons. The minimum Gasteiger partial charge on any atom is -0.423 e. The van der Waals surface area contributed by atoms with Crippen LogP contribution in [-0.4, -0.2) is 24.9 Å². The van der Waals surface area contributed by atoms with Crippen molar-refractivity contribution in [1.82, 2.24) is 24.9 Å². The van der Waals surface area contributed by atoms with E-state index in [1.54, 1.807) is 13.0 Å². The summed E-state index contributed by atoms with van der Waals surface area (Å²) in [6.45, 7) is 1.74. The Kier molecular flexibility index (Phi) is 4.47. The molecule has 0 unspecified atom stereocenters. The quantitative estimate of drug-likeness (QED) is 0.354. The molecule has 0 atom stereocenters. The Morgan fingerprint density at radius 3 is 2.70 bits per heavy atom. The number of rotatable bonds is 5. The van der Waals surface area contributed by atoms with Crippen molar-refractivity contribution in [3.63, 3.8) is 0 Å². The largest absolute Gasteiger partial charge is 0.423 e. The number of aromatic amines is 2. The number of benzene rings is 1. The molecule has 0 bridgehead atoms. The summed E-state index contributed by atoms with van der Waals surface area (Å²) < 4.78 is 5.57. The van der Waals surface area contributed by atoms with Crippen LogP contribution in [0.4, 0.5) is 12.0 Å². The lowest BCUT2D eigenvalue weighted by atomic mass is 10.3. The van der Waals surface area contributed by atoms with Crippen molar-refractivity contribution in [2.45, 2.75) is 17.8 Å². The first-order valence-electron chi connectivity index (χ1n) is 7.99. The van der Waals surface area contributed by atoms with Gasteiger partial charge >= 0.3 is 6.01 Å². The van der Waals surface area contributed by atoms with Crippen molar-refractivity contribution in [2.24, 2.45) is 0 Å². The number of hydrogen-bond acceptors (Lipinski definition) is 8. The van der Waals surface area contributed by atoms with Gasteiger partial charge in [0, 0.05) is 23.6 Å². The van der Waals surface area contributed by atoms with Gasteiger partial charge < -0.3 is 9.40 Å². The van der Waals surface area contributed by atoms with E-state index >= 15 is 0 Å². The average Bonchev–Trinajstić information content (AvgIpc) is 3.01. The van der Waals surface area contributed by atoms with E-state index in [2.05, 4.69) is 30.2 Å². The fourth-order valence-electron chi connectivity index (χ4n) is 2.43. The standard InChI is InChI=1S/C17H14N6O3S/c1-9-6-13(24)22-17(18-9)27-8-10-7-14(25)21-15(19-10)23-16-20-11-4-2-3-5-12(11)26-16/h2-7H,8H2,1H3,(H,18,22,24)(H2,19,20,21,23,25). The molecule has 0 spiro atoms. The molecule has 9 nitrogen and oxygen atoms in total. The van der Waals surface area contributed by atoms with Crippen LogP contribution in [0.15, 0.2) is 55.6 Å². The number of thioether (sulfide) groups is 1. The average molecular weight is 382 g/mol. The van der Waals surface area contributed by atoms with Gasteiger partial charge in [-0.2, -0.15) is 4.98 Å². The van der Waals surface area contributed by atoms with Crippen LogP contribution >= 0.6 is 11.8 Å². The second kappa shape index (κ2) is 7.08. The maximum Gasteiger partial charge on any atom is 0.302 e. The molecule has 0 radical (unpaired) electrons. The highest BCUT2D eigenvalue weighted by atomic mass is 32.2. The molecule has 10 heteroatoms. The van der Waals surface area contributed by atoms with Gasteiger partial charge in [-0.1, -0.05) is 23.9 Å². The number of H-pyrrole nitrogens is 2. The molecule has 4 aromatic rings. The van der Waals surface area contributed by atoms with E-state index < -0.39 is 0 Å². The molecule has 3 N–H and O–H groups in total. The first kappa shape index (κ1) is 17.0. The zero-order valence-electron chi connectivity index (χ0n) is 14.1. The van der Waals surface area contributed by atoms with Crippen LogP contribution in [0, 0.1) is 6.92 Å². The molecular weight excluding hydrogens is 368 g/mol. The van der Waals surface area contributed by atoms with Gasteiger partial charge in [0.2, 0.25) is 5.95 Å². The van der Waals surface area contributed by atoms with E-state index in [1.165, 1.54) is 23.9 Å². The van der Waals surface area contributed by atoms with E-state index in [0.29, 0.717) is 33.4 Å². The zero-order chi connectivity index (χ0) is 18.8. The van der Waals surface area contributed by atoms with Crippen molar-refractivity contribution in [1.29, 1.82) is 0 Å². The van der Waals surface area contributed by atoms with E-state index in [4.69, 9.17) is 4.42 Å². The van der Waals surface area contributed by atoms with Crippen LogP contribution in [0.2, 0.25) is 0 Å². The van der Waals surface area contributed by atoms with Crippen molar-refractivity contribution in [3.05, 3.63) is 68.5 Å². The van der Waals surface area contributed by atoms with Crippen LogP contribution < -0.4 is 16.4 Å². The molecule has 1 aromatic carbocycles. The predicted molar refractivity (Wildman–Crippen MR) is 101 cm³/mol. The third kappa shape index (κ3) is 4.06. The molecular formula is C17H14N6O3S. The molecule has 3 heterocycles.